The summed E-state index contributed by atoms with van der Waals surface area (Å²) in [7, 11) is -3.95. The van der Waals surface area contributed by atoms with Gasteiger partial charge in [0, 0.05) is 34.1 Å². The van der Waals surface area contributed by atoms with Crippen molar-refractivity contribution in [3.8, 4) is 11.5 Å². The van der Waals surface area contributed by atoms with Gasteiger partial charge in [0.1, 0.15) is 24.1 Å². The summed E-state index contributed by atoms with van der Waals surface area (Å²) >= 11 is 13.1. The molecule has 0 bridgehead atoms. The lowest BCUT2D eigenvalue weighted by Crippen LogP contribution is -2.56. The Morgan fingerprint density at radius 2 is 1.35 bits per heavy atom. The van der Waals surface area contributed by atoms with Crippen LogP contribution in [0.5, 0.6) is 11.5 Å². The number of benzene rings is 4. The van der Waals surface area contributed by atoms with E-state index in [1.807, 2.05) is 69.3 Å². The van der Waals surface area contributed by atoms with E-state index < -0.39 is 40.0 Å². The fourth-order valence-corrected chi connectivity index (χ4v) is 6.15. The summed E-state index contributed by atoms with van der Waals surface area (Å²) in [4.78, 5) is 29.6. The van der Waals surface area contributed by atoms with E-state index in [2.05, 4.69) is 5.32 Å². The van der Waals surface area contributed by atoms with Crippen LogP contribution in [0.2, 0.25) is 10.0 Å². The largest absolute Gasteiger partial charge is 0.457 e. The molecule has 0 fully saturated rings. The maximum Gasteiger partial charge on any atom is 0.244 e. The molecule has 0 saturated carbocycles. The molecule has 4 rings (SSSR count). The quantitative estimate of drug-likeness (QED) is 0.172. The number of rotatable bonds is 12. The molecule has 4 aromatic carbocycles. The summed E-state index contributed by atoms with van der Waals surface area (Å²) in [5, 5.41) is 3.61. The third-order valence-electron chi connectivity index (χ3n) is 6.94. The predicted molar refractivity (Wildman–Crippen MR) is 184 cm³/mol. The van der Waals surface area contributed by atoms with Crippen LogP contribution < -0.4 is 14.4 Å². The number of sulfonamides is 1. The van der Waals surface area contributed by atoms with Crippen molar-refractivity contribution >= 4 is 50.7 Å². The number of hydrogen-bond donors (Lipinski definition) is 1. The summed E-state index contributed by atoms with van der Waals surface area (Å²) in [6.07, 6.45) is 1.19. The van der Waals surface area contributed by atoms with E-state index in [9.17, 15) is 18.0 Å². The molecule has 8 nitrogen and oxygen atoms in total. The molecule has 0 heterocycles. The average molecular weight is 683 g/mol. The van der Waals surface area contributed by atoms with Gasteiger partial charge < -0.3 is 15.0 Å². The summed E-state index contributed by atoms with van der Waals surface area (Å²) in [6, 6.07) is 28.8. The first-order valence-electron chi connectivity index (χ1n) is 14.6. The van der Waals surface area contributed by atoms with Gasteiger partial charge in [-0.1, -0.05) is 77.8 Å². The minimum atomic E-state index is -3.95. The Morgan fingerprint density at radius 1 is 0.804 bits per heavy atom. The van der Waals surface area contributed by atoms with Crippen molar-refractivity contribution in [2.24, 2.45) is 0 Å². The van der Waals surface area contributed by atoms with Crippen LogP contribution in [0, 0.1) is 0 Å². The van der Waals surface area contributed by atoms with Gasteiger partial charge in [0.15, 0.2) is 0 Å². The van der Waals surface area contributed by atoms with Gasteiger partial charge in [-0.05, 0) is 74.9 Å². The number of para-hydroxylation sites is 1. The molecule has 1 N–H and O–H groups in total. The Balaban J connectivity index is 1.72. The molecule has 1 unspecified atom stereocenters. The standard InChI is InChI=1S/C35H37Cl2N3O5S/c1-35(2,3)38-34(42)32(22-25-12-7-5-8-13-25)39(23-29-30(36)16-11-17-31(29)37)33(41)24-40(46(4,43)44)26-18-20-28(21-19-26)45-27-14-9-6-10-15-27/h5-21,32H,22-24H2,1-4H3,(H,38,42). The van der Waals surface area contributed by atoms with Gasteiger partial charge in [-0.25, -0.2) is 8.42 Å². The van der Waals surface area contributed by atoms with Crippen molar-refractivity contribution in [1.29, 1.82) is 0 Å². The molecule has 46 heavy (non-hydrogen) atoms. The van der Waals surface area contributed by atoms with Crippen LogP contribution in [0.3, 0.4) is 0 Å². The lowest BCUT2D eigenvalue weighted by molar-refractivity contribution is -0.140. The number of halogens is 2. The number of ether oxygens (including phenoxy) is 1. The molecule has 0 aliphatic heterocycles. The van der Waals surface area contributed by atoms with Crippen LogP contribution in [0.25, 0.3) is 0 Å². The number of nitrogens with zero attached hydrogens (tertiary/aromatic N) is 2. The van der Waals surface area contributed by atoms with E-state index in [1.165, 1.54) is 4.90 Å². The topological polar surface area (TPSA) is 96.0 Å². The van der Waals surface area contributed by atoms with E-state index in [4.69, 9.17) is 27.9 Å². The van der Waals surface area contributed by atoms with Crippen LogP contribution in [-0.2, 0) is 32.6 Å². The zero-order chi connectivity index (χ0) is 33.5. The summed E-state index contributed by atoms with van der Waals surface area (Å²) in [5.74, 6) is 0.0981. The predicted octanol–water partition coefficient (Wildman–Crippen LogP) is 7.11. The van der Waals surface area contributed by atoms with E-state index in [-0.39, 0.29) is 18.7 Å². The van der Waals surface area contributed by atoms with Crippen molar-refractivity contribution in [2.75, 3.05) is 17.1 Å². The van der Waals surface area contributed by atoms with Crippen LogP contribution in [0.15, 0.2) is 103 Å². The first kappa shape index (κ1) is 34.8. The van der Waals surface area contributed by atoms with Crippen molar-refractivity contribution in [3.05, 3.63) is 124 Å². The SMILES string of the molecule is CC(C)(C)NC(=O)C(Cc1ccccc1)N(Cc1c(Cl)cccc1Cl)C(=O)CN(c1ccc(Oc2ccccc2)cc1)S(C)(=O)=O. The number of amides is 2. The zero-order valence-electron chi connectivity index (χ0n) is 26.1. The van der Waals surface area contributed by atoms with E-state index in [0.29, 0.717) is 27.1 Å². The molecule has 0 aliphatic carbocycles. The van der Waals surface area contributed by atoms with E-state index >= 15 is 0 Å². The highest BCUT2D eigenvalue weighted by atomic mass is 35.5. The van der Waals surface area contributed by atoms with Crippen molar-refractivity contribution in [1.82, 2.24) is 10.2 Å². The molecule has 0 radical (unpaired) electrons. The van der Waals surface area contributed by atoms with E-state index in [0.717, 1.165) is 16.1 Å². The normalized spacial score (nSPS) is 12.2. The lowest BCUT2D eigenvalue weighted by atomic mass is 10.0. The first-order chi connectivity index (χ1) is 21.7. The van der Waals surface area contributed by atoms with E-state index in [1.54, 1.807) is 54.6 Å². The van der Waals surface area contributed by atoms with Crippen LogP contribution in [0.4, 0.5) is 5.69 Å². The zero-order valence-corrected chi connectivity index (χ0v) is 28.4. The number of carbonyl (C=O) groups is 2. The van der Waals surface area contributed by atoms with Gasteiger partial charge in [-0.2, -0.15) is 0 Å². The fraction of sp³-hybridized carbons (Fsp3) is 0.257. The Labute approximate surface area is 280 Å². The Morgan fingerprint density at radius 3 is 1.89 bits per heavy atom. The molecule has 242 valence electrons. The van der Waals surface area contributed by atoms with Gasteiger partial charge in [-0.15, -0.1) is 0 Å². The van der Waals surface area contributed by atoms with Gasteiger partial charge in [-0.3, -0.25) is 13.9 Å². The fourth-order valence-electron chi connectivity index (χ4n) is 4.78. The molecule has 4 aromatic rings. The number of hydrogen-bond acceptors (Lipinski definition) is 5. The second-order valence-corrected chi connectivity index (χ2v) is 14.6. The van der Waals surface area contributed by atoms with Crippen LogP contribution in [-0.4, -0.2) is 49.5 Å². The third-order valence-corrected chi connectivity index (χ3v) is 8.79. The first-order valence-corrected chi connectivity index (χ1v) is 17.2. The molecule has 1 atom stereocenters. The van der Waals surface area contributed by atoms with Gasteiger partial charge in [0.2, 0.25) is 21.8 Å². The molecule has 0 aliphatic rings. The number of nitrogens with one attached hydrogen (secondary N) is 1. The molecule has 0 saturated heterocycles. The van der Waals surface area contributed by atoms with Gasteiger partial charge >= 0.3 is 0 Å². The van der Waals surface area contributed by atoms with Crippen molar-refractivity contribution in [3.63, 3.8) is 0 Å². The van der Waals surface area contributed by atoms with Gasteiger partial charge in [0.25, 0.3) is 0 Å². The van der Waals surface area contributed by atoms with Crippen LogP contribution in [0.1, 0.15) is 31.9 Å². The van der Waals surface area contributed by atoms with Crippen molar-refractivity contribution < 1.29 is 22.7 Å². The molecular formula is C35H37Cl2N3O5S. The van der Waals surface area contributed by atoms with Gasteiger partial charge in [0.05, 0.1) is 11.9 Å². The Kier molecular flexibility index (Phi) is 11.4. The maximum absolute atomic E-state index is 14.3. The smallest absolute Gasteiger partial charge is 0.244 e. The summed E-state index contributed by atoms with van der Waals surface area (Å²) in [5.41, 5.74) is 0.902. The lowest BCUT2D eigenvalue weighted by Gasteiger charge is -2.35. The molecular weight excluding hydrogens is 645 g/mol. The molecule has 0 spiro atoms. The molecule has 2 amide bonds. The second kappa shape index (κ2) is 15.0. The highest BCUT2D eigenvalue weighted by Crippen LogP contribution is 2.29. The minimum absolute atomic E-state index is 0.131. The highest BCUT2D eigenvalue weighted by molar-refractivity contribution is 7.92. The minimum Gasteiger partial charge on any atom is -0.457 e. The summed E-state index contributed by atoms with van der Waals surface area (Å²) in [6.45, 7) is 4.83. The maximum atomic E-state index is 14.3. The van der Waals surface area contributed by atoms with Crippen molar-refractivity contribution in [2.45, 2.75) is 45.3 Å². The monoisotopic (exact) mass is 681 g/mol. The number of carbonyl (C=O) groups excluding carboxylic acids is 2. The highest BCUT2D eigenvalue weighted by Gasteiger charge is 2.35. The summed E-state index contributed by atoms with van der Waals surface area (Å²) < 4.78 is 33.1. The average Bonchev–Trinajstić information content (AvgIpc) is 2.99. The van der Waals surface area contributed by atoms with Crippen LogP contribution >= 0.6 is 23.2 Å². The second-order valence-electron chi connectivity index (χ2n) is 11.8. The molecule has 0 aromatic heterocycles. The third kappa shape index (κ3) is 9.72. The molecule has 11 heteroatoms. The Hall–Kier alpha value is -4.05. The Bertz CT molecular complexity index is 1730. The number of anilines is 1.